The molecule has 2 unspecified atom stereocenters. The fourth-order valence-corrected chi connectivity index (χ4v) is 8.83. The van der Waals surface area contributed by atoms with Gasteiger partial charge in [-0.05, 0) is 52.0 Å². The zero-order chi connectivity index (χ0) is 35.6. The lowest BCUT2D eigenvalue weighted by Gasteiger charge is -2.36. The van der Waals surface area contributed by atoms with E-state index in [-0.39, 0.29) is 44.1 Å². The molecule has 9 rings (SSSR count). The van der Waals surface area contributed by atoms with Crippen LogP contribution in [0.3, 0.4) is 0 Å². The lowest BCUT2D eigenvalue weighted by atomic mass is 9.78. The Morgan fingerprint density at radius 2 is 0.667 bits per heavy atom. The fraction of sp³-hybridized carbons (Fsp3) is 0.390. The molecule has 0 radical (unpaired) electrons. The number of hydrogen-bond acceptors (Lipinski definition) is 9. The molecule has 4 aromatic rings. The first-order chi connectivity index (χ1) is 24.5. The molecule has 5 aliphatic rings. The Bertz CT molecular complexity index is 2060. The van der Waals surface area contributed by atoms with Crippen LogP contribution in [0.1, 0.15) is 118 Å². The second-order valence-electron chi connectivity index (χ2n) is 14.4. The van der Waals surface area contributed by atoms with Gasteiger partial charge in [0, 0.05) is 90.4 Å². The Balaban J connectivity index is 1.44. The maximum atomic E-state index is 12.7. The lowest BCUT2D eigenvalue weighted by Crippen LogP contribution is -2.35. The van der Waals surface area contributed by atoms with E-state index in [9.17, 15) is 9.90 Å². The normalized spacial score (nSPS) is 23.1. The van der Waals surface area contributed by atoms with E-state index >= 15 is 0 Å². The molecule has 4 heterocycles. The van der Waals surface area contributed by atoms with Crippen LogP contribution in [0.15, 0.2) is 24.3 Å². The van der Waals surface area contributed by atoms with Gasteiger partial charge in [-0.2, -0.15) is 0 Å². The molecule has 0 fully saturated rings. The third-order valence-corrected chi connectivity index (χ3v) is 11.7. The van der Waals surface area contributed by atoms with Crippen molar-refractivity contribution in [1.29, 1.82) is 0 Å². The molecular formula is C41H40O10. The van der Waals surface area contributed by atoms with Crippen LogP contribution in [-0.4, -0.2) is 37.7 Å². The third-order valence-electron chi connectivity index (χ3n) is 11.7. The first-order valence-corrected chi connectivity index (χ1v) is 17.5. The molecule has 8 bridgehead atoms. The van der Waals surface area contributed by atoms with Crippen LogP contribution in [0.25, 0.3) is 0 Å². The minimum atomic E-state index is -1.63. The van der Waals surface area contributed by atoms with Gasteiger partial charge in [-0.15, -0.1) is 0 Å². The van der Waals surface area contributed by atoms with Crippen molar-refractivity contribution in [2.45, 2.75) is 85.4 Å². The standard InChI is InChI=1S/C41H40O10/c1-16-24-9-26-17(2)28-11-30-19(4)31-12-29-18(3)27-10-25(16)33-21(6)35(27)47-15-49-37(29)23(8)39(31)51-41(40(42)43)50-38(30)22(7)36(28)48-14-46-34(26)20(5)32(24)44-13-45-33/h9-12,16-19,41H,13-15H2,1-8H3,(H,42,43). The van der Waals surface area contributed by atoms with Crippen molar-refractivity contribution in [2.24, 2.45) is 0 Å². The van der Waals surface area contributed by atoms with Crippen LogP contribution in [-0.2, 0) is 4.79 Å². The van der Waals surface area contributed by atoms with E-state index in [2.05, 4.69) is 52.0 Å². The number of aliphatic carboxylic acids is 1. The van der Waals surface area contributed by atoms with Gasteiger partial charge in [0.15, 0.2) is 0 Å². The van der Waals surface area contributed by atoms with Gasteiger partial charge in [0.25, 0.3) is 0 Å². The predicted octanol–water partition coefficient (Wildman–Crippen LogP) is 8.21. The second-order valence-corrected chi connectivity index (χ2v) is 14.4. The summed E-state index contributed by atoms with van der Waals surface area (Å²) in [7, 11) is 0. The minimum Gasteiger partial charge on any atom is -0.476 e. The van der Waals surface area contributed by atoms with Crippen LogP contribution in [0.5, 0.6) is 46.0 Å². The molecule has 1 aliphatic carbocycles. The largest absolute Gasteiger partial charge is 0.476 e. The summed E-state index contributed by atoms with van der Waals surface area (Å²) in [5, 5.41) is 10.4. The number of rotatable bonds is 1. The van der Waals surface area contributed by atoms with Gasteiger partial charge < -0.3 is 43.0 Å². The topological polar surface area (TPSA) is 111 Å². The van der Waals surface area contributed by atoms with Gasteiger partial charge >= 0.3 is 12.3 Å². The number of benzene rings is 4. The Kier molecular flexibility index (Phi) is 6.92. The number of carboxylic acid groups (broad SMARTS) is 1. The minimum absolute atomic E-state index is 0.0155. The molecule has 10 heteroatoms. The highest BCUT2D eigenvalue weighted by molar-refractivity contribution is 5.74. The highest BCUT2D eigenvalue weighted by Crippen LogP contribution is 2.55. The molecule has 2 atom stereocenters. The SMILES string of the molecule is Cc1c2c3cc4c1OCOc1c(cc5c(c1C)OC(C(=O)O)Oc1c(cc6c(c1C)OCOc1c(cc(c(c1C)OCO2)C3C)C6C)C5C)C4C. The van der Waals surface area contributed by atoms with E-state index in [1.807, 2.05) is 27.7 Å². The van der Waals surface area contributed by atoms with Crippen LogP contribution < -0.4 is 37.9 Å². The van der Waals surface area contributed by atoms with Gasteiger partial charge in [-0.3, -0.25) is 0 Å². The summed E-state index contributed by atoms with van der Waals surface area (Å²) in [5.41, 5.74) is 10.8. The Labute approximate surface area is 296 Å². The summed E-state index contributed by atoms with van der Waals surface area (Å²) in [6, 6.07) is 8.66. The molecule has 51 heavy (non-hydrogen) atoms. The Morgan fingerprint density at radius 1 is 0.451 bits per heavy atom. The molecule has 264 valence electrons. The monoisotopic (exact) mass is 692 g/mol. The fourth-order valence-electron chi connectivity index (χ4n) is 8.83. The zero-order valence-corrected chi connectivity index (χ0v) is 29.9. The van der Waals surface area contributed by atoms with Crippen LogP contribution >= 0.6 is 0 Å². The van der Waals surface area contributed by atoms with Crippen LogP contribution in [0.4, 0.5) is 0 Å². The summed E-state index contributed by atoms with van der Waals surface area (Å²) >= 11 is 0. The highest BCUT2D eigenvalue weighted by atomic mass is 16.7. The van der Waals surface area contributed by atoms with E-state index < -0.39 is 12.3 Å². The number of ether oxygens (including phenoxy) is 8. The average molecular weight is 693 g/mol. The van der Waals surface area contributed by atoms with Crippen molar-refractivity contribution in [3.05, 3.63) is 91.0 Å². The molecule has 0 amide bonds. The average Bonchev–Trinajstić information content (AvgIpc) is 3.08. The Morgan fingerprint density at radius 3 is 0.902 bits per heavy atom. The van der Waals surface area contributed by atoms with Gasteiger partial charge in [-0.25, -0.2) is 4.79 Å². The third kappa shape index (κ3) is 4.37. The molecule has 10 nitrogen and oxygen atoms in total. The molecule has 1 N–H and O–H groups in total. The summed E-state index contributed by atoms with van der Waals surface area (Å²) in [6.07, 6.45) is -1.63. The molecule has 0 aromatic heterocycles. The van der Waals surface area contributed by atoms with E-state index in [0.29, 0.717) is 45.6 Å². The quantitative estimate of drug-likeness (QED) is 0.210. The number of carboxylic acids is 1. The van der Waals surface area contributed by atoms with Crippen molar-refractivity contribution >= 4 is 5.97 Å². The van der Waals surface area contributed by atoms with Gasteiger partial charge in [0.05, 0.1) is 0 Å². The lowest BCUT2D eigenvalue weighted by molar-refractivity contribution is -0.159. The summed E-state index contributed by atoms with van der Waals surface area (Å²) in [5.74, 6) is 2.94. The summed E-state index contributed by atoms with van der Waals surface area (Å²) in [4.78, 5) is 12.7. The maximum Gasteiger partial charge on any atom is 0.387 e. The van der Waals surface area contributed by atoms with Gasteiger partial charge in [0.1, 0.15) is 46.0 Å². The number of hydrogen-bond donors (Lipinski definition) is 1. The first-order valence-electron chi connectivity index (χ1n) is 17.5. The van der Waals surface area contributed by atoms with Crippen LogP contribution in [0.2, 0.25) is 0 Å². The highest BCUT2D eigenvalue weighted by Gasteiger charge is 2.39. The zero-order valence-electron chi connectivity index (χ0n) is 29.9. The number of carbonyl (C=O) groups is 1. The maximum absolute atomic E-state index is 12.7. The molecule has 0 saturated heterocycles. The van der Waals surface area contributed by atoms with Crippen molar-refractivity contribution in [2.75, 3.05) is 20.4 Å². The first kappa shape index (κ1) is 31.7. The molecular weight excluding hydrogens is 652 g/mol. The van der Waals surface area contributed by atoms with E-state index in [1.165, 1.54) is 0 Å². The van der Waals surface area contributed by atoms with E-state index in [1.54, 1.807) is 0 Å². The van der Waals surface area contributed by atoms with Gasteiger partial charge in [0.2, 0.25) is 20.4 Å². The van der Waals surface area contributed by atoms with Crippen molar-refractivity contribution in [1.82, 2.24) is 0 Å². The summed E-state index contributed by atoms with van der Waals surface area (Å²) in [6.45, 7) is 16.3. The molecule has 0 saturated carbocycles. The summed E-state index contributed by atoms with van der Waals surface area (Å²) < 4.78 is 50.9. The predicted molar refractivity (Wildman–Crippen MR) is 186 cm³/mol. The van der Waals surface area contributed by atoms with Crippen molar-refractivity contribution in [3.63, 3.8) is 0 Å². The van der Waals surface area contributed by atoms with E-state index in [4.69, 9.17) is 37.9 Å². The Hall–Kier alpha value is -5.25. The molecule has 0 spiro atoms. The van der Waals surface area contributed by atoms with Crippen molar-refractivity contribution in [3.8, 4) is 46.0 Å². The molecule has 4 aliphatic heterocycles. The van der Waals surface area contributed by atoms with Crippen molar-refractivity contribution < 1.29 is 47.8 Å². The van der Waals surface area contributed by atoms with E-state index in [0.717, 1.165) is 67.1 Å². The van der Waals surface area contributed by atoms with Gasteiger partial charge in [-0.1, -0.05) is 27.7 Å². The van der Waals surface area contributed by atoms with Crippen LogP contribution in [0, 0.1) is 27.7 Å². The second kappa shape index (κ2) is 11.1. The molecule has 4 aromatic carbocycles. The smallest absolute Gasteiger partial charge is 0.387 e.